The first-order valence-corrected chi connectivity index (χ1v) is 9.37. The van der Waals surface area contributed by atoms with E-state index in [1.54, 1.807) is 0 Å². The Kier molecular flexibility index (Phi) is 4.83. The van der Waals surface area contributed by atoms with E-state index in [0.29, 0.717) is 12.3 Å². The molecule has 134 valence electrons. The van der Waals surface area contributed by atoms with Gasteiger partial charge in [-0.1, -0.05) is 39.5 Å². The van der Waals surface area contributed by atoms with Crippen LogP contribution in [0.2, 0.25) is 0 Å². The van der Waals surface area contributed by atoms with Crippen molar-refractivity contribution in [2.75, 3.05) is 6.54 Å². The minimum Gasteiger partial charge on any atom is -0.352 e. The van der Waals surface area contributed by atoms with Crippen LogP contribution >= 0.6 is 0 Å². The van der Waals surface area contributed by atoms with Crippen LogP contribution in [0.1, 0.15) is 65.2 Å². The summed E-state index contributed by atoms with van der Waals surface area (Å²) in [5.41, 5.74) is -0.784. The second-order valence-electron chi connectivity index (χ2n) is 7.88. The zero-order valence-electron chi connectivity index (χ0n) is 14.8. The van der Waals surface area contributed by atoms with E-state index in [4.69, 9.17) is 0 Å². The molecule has 6 nitrogen and oxygen atoms in total. The van der Waals surface area contributed by atoms with Crippen LogP contribution in [0, 0.1) is 11.8 Å². The Labute approximate surface area is 143 Å². The lowest BCUT2D eigenvalue weighted by molar-refractivity contribution is -0.137. The standard InChI is InChI=1S/C18H29N3O3/c1-12-7-3-4-9-14(12)19-15(22)11-21-16(23)18(20-17(21)24)10-6-5-8-13(18)2/h12-14H,3-11H2,1-2H3,(H,19,22)(H,20,24)/t12-,13-,14-,18-/m0/s1. The number of rotatable bonds is 3. The van der Waals surface area contributed by atoms with Crippen molar-refractivity contribution in [1.29, 1.82) is 0 Å². The summed E-state index contributed by atoms with van der Waals surface area (Å²) in [4.78, 5) is 38.7. The minimum absolute atomic E-state index is 0.120. The minimum atomic E-state index is -0.784. The van der Waals surface area contributed by atoms with Crippen molar-refractivity contribution in [1.82, 2.24) is 15.5 Å². The Bertz CT molecular complexity index is 536. The molecule has 0 aromatic rings. The van der Waals surface area contributed by atoms with Crippen molar-refractivity contribution in [3.8, 4) is 0 Å². The largest absolute Gasteiger partial charge is 0.352 e. The van der Waals surface area contributed by atoms with Gasteiger partial charge in [-0.2, -0.15) is 0 Å². The molecule has 0 aromatic carbocycles. The number of imide groups is 1. The smallest absolute Gasteiger partial charge is 0.325 e. The van der Waals surface area contributed by atoms with Crippen LogP contribution in [0.15, 0.2) is 0 Å². The van der Waals surface area contributed by atoms with Crippen LogP contribution in [-0.2, 0) is 9.59 Å². The fourth-order valence-electron chi connectivity index (χ4n) is 4.57. The fourth-order valence-corrected chi connectivity index (χ4v) is 4.57. The van der Waals surface area contributed by atoms with E-state index in [9.17, 15) is 14.4 Å². The molecule has 0 aromatic heterocycles. The molecule has 0 radical (unpaired) electrons. The summed E-state index contributed by atoms with van der Waals surface area (Å²) < 4.78 is 0. The van der Waals surface area contributed by atoms with E-state index < -0.39 is 11.6 Å². The average Bonchev–Trinajstić information content (AvgIpc) is 2.78. The van der Waals surface area contributed by atoms with Crippen LogP contribution < -0.4 is 10.6 Å². The van der Waals surface area contributed by atoms with Gasteiger partial charge < -0.3 is 10.6 Å². The molecule has 6 heteroatoms. The molecule has 3 aliphatic rings. The average molecular weight is 335 g/mol. The fraction of sp³-hybridized carbons (Fsp3) is 0.833. The summed E-state index contributed by atoms with van der Waals surface area (Å²) in [7, 11) is 0. The van der Waals surface area contributed by atoms with Gasteiger partial charge in [-0.3, -0.25) is 14.5 Å². The van der Waals surface area contributed by atoms with Gasteiger partial charge in [-0.15, -0.1) is 0 Å². The highest BCUT2D eigenvalue weighted by Gasteiger charge is 2.55. The first-order valence-electron chi connectivity index (χ1n) is 9.37. The van der Waals surface area contributed by atoms with Gasteiger partial charge in [0.25, 0.3) is 5.91 Å². The van der Waals surface area contributed by atoms with E-state index in [-0.39, 0.29) is 30.3 Å². The lowest BCUT2D eigenvalue weighted by Crippen LogP contribution is -2.54. The lowest BCUT2D eigenvalue weighted by Gasteiger charge is -2.36. The molecule has 2 saturated carbocycles. The van der Waals surface area contributed by atoms with Gasteiger partial charge in [0.1, 0.15) is 12.1 Å². The topological polar surface area (TPSA) is 78.5 Å². The van der Waals surface area contributed by atoms with E-state index >= 15 is 0 Å². The Morgan fingerprint density at radius 1 is 1.17 bits per heavy atom. The van der Waals surface area contributed by atoms with E-state index in [1.807, 2.05) is 6.92 Å². The zero-order chi connectivity index (χ0) is 17.3. The lowest BCUT2D eigenvalue weighted by atomic mass is 9.73. The second kappa shape index (κ2) is 6.73. The molecule has 2 aliphatic carbocycles. The van der Waals surface area contributed by atoms with Gasteiger partial charge in [-0.05, 0) is 37.5 Å². The molecule has 1 aliphatic heterocycles. The van der Waals surface area contributed by atoms with Crippen molar-refractivity contribution in [2.24, 2.45) is 11.8 Å². The number of nitrogens with zero attached hydrogens (tertiary/aromatic N) is 1. The maximum atomic E-state index is 12.9. The predicted octanol–water partition coefficient (Wildman–Crippen LogP) is 2.18. The quantitative estimate of drug-likeness (QED) is 0.776. The normalized spacial score (nSPS) is 36.8. The van der Waals surface area contributed by atoms with Gasteiger partial charge in [0.2, 0.25) is 5.91 Å². The van der Waals surface area contributed by atoms with Crippen molar-refractivity contribution in [3.63, 3.8) is 0 Å². The number of hydrogen-bond donors (Lipinski definition) is 2. The first-order chi connectivity index (χ1) is 11.4. The maximum absolute atomic E-state index is 12.9. The molecule has 0 bridgehead atoms. The van der Waals surface area contributed by atoms with E-state index in [0.717, 1.165) is 43.4 Å². The highest BCUT2D eigenvalue weighted by Crippen LogP contribution is 2.38. The van der Waals surface area contributed by atoms with Crippen molar-refractivity contribution in [2.45, 2.75) is 76.8 Å². The molecule has 1 saturated heterocycles. The number of carbonyl (C=O) groups is 3. The van der Waals surface area contributed by atoms with Gasteiger partial charge in [0.15, 0.2) is 0 Å². The third kappa shape index (κ3) is 3.03. The zero-order valence-corrected chi connectivity index (χ0v) is 14.8. The third-order valence-corrected chi connectivity index (χ3v) is 6.26. The summed E-state index contributed by atoms with van der Waals surface area (Å²) in [5, 5.41) is 5.92. The molecule has 1 spiro atoms. The van der Waals surface area contributed by atoms with Crippen LogP contribution in [0.25, 0.3) is 0 Å². The number of amides is 4. The molecule has 3 rings (SSSR count). The van der Waals surface area contributed by atoms with Gasteiger partial charge >= 0.3 is 6.03 Å². The number of nitrogens with one attached hydrogen (secondary N) is 2. The SMILES string of the molecule is C[C@H]1CCCC[C@@H]1NC(=O)CN1C(=O)N[C@]2(CCCC[C@@H]2C)C1=O. The first kappa shape index (κ1) is 17.2. The monoisotopic (exact) mass is 335 g/mol. The van der Waals surface area contributed by atoms with Crippen molar-refractivity contribution < 1.29 is 14.4 Å². The van der Waals surface area contributed by atoms with Gasteiger partial charge in [0.05, 0.1) is 0 Å². The molecule has 1 heterocycles. The molecular formula is C18H29N3O3. The Balaban J connectivity index is 1.63. The number of urea groups is 1. The van der Waals surface area contributed by atoms with Crippen LogP contribution in [0.3, 0.4) is 0 Å². The molecule has 3 fully saturated rings. The summed E-state index contributed by atoms with van der Waals surface area (Å²) in [6.07, 6.45) is 8.08. The summed E-state index contributed by atoms with van der Waals surface area (Å²) in [5.74, 6) is 0.133. The van der Waals surface area contributed by atoms with Crippen molar-refractivity contribution >= 4 is 17.8 Å². The highest BCUT2D eigenvalue weighted by molar-refractivity contribution is 6.09. The summed E-state index contributed by atoms with van der Waals surface area (Å²) in [6, 6.07) is -0.254. The van der Waals surface area contributed by atoms with E-state index in [1.165, 1.54) is 6.42 Å². The Morgan fingerprint density at radius 3 is 2.58 bits per heavy atom. The highest BCUT2D eigenvalue weighted by atomic mass is 16.2. The summed E-state index contributed by atoms with van der Waals surface area (Å²) in [6.45, 7) is 4.00. The molecular weight excluding hydrogens is 306 g/mol. The molecule has 4 amide bonds. The molecule has 0 unspecified atom stereocenters. The number of carbonyl (C=O) groups excluding carboxylic acids is 3. The van der Waals surface area contributed by atoms with Crippen molar-refractivity contribution in [3.05, 3.63) is 0 Å². The van der Waals surface area contributed by atoms with Crippen LogP contribution in [0.5, 0.6) is 0 Å². The Hall–Kier alpha value is -1.59. The van der Waals surface area contributed by atoms with Gasteiger partial charge in [0, 0.05) is 6.04 Å². The predicted molar refractivity (Wildman–Crippen MR) is 90.2 cm³/mol. The summed E-state index contributed by atoms with van der Waals surface area (Å²) >= 11 is 0. The third-order valence-electron chi connectivity index (χ3n) is 6.26. The maximum Gasteiger partial charge on any atom is 0.325 e. The molecule has 2 N–H and O–H groups in total. The van der Waals surface area contributed by atoms with Crippen LogP contribution in [0.4, 0.5) is 4.79 Å². The van der Waals surface area contributed by atoms with Gasteiger partial charge in [-0.25, -0.2) is 4.79 Å². The van der Waals surface area contributed by atoms with E-state index in [2.05, 4.69) is 17.6 Å². The molecule has 4 atom stereocenters. The Morgan fingerprint density at radius 2 is 1.88 bits per heavy atom. The molecule has 24 heavy (non-hydrogen) atoms. The van der Waals surface area contributed by atoms with Crippen LogP contribution in [-0.4, -0.2) is 40.9 Å². The number of hydrogen-bond acceptors (Lipinski definition) is 3. The second-order valence-corrected chi connectivity index (χ2v) is 7.88.